The van der Waals surface area contributed by atoms with Gasteiger partial charge in [-0.2, -0.15) is 4.98 Å². The molecule has 0 atom stereocenters. The molecule has 4 heterocycles. The summed E-state index contributed by atoms with van der Waals surface area (Å²) in [5, 5.41) is 0. The minimum absolute atomic E-state index is 0.740. The van der Waals surface area contributed by atoms with E-state index in [0.717, 1.165) is 75.8 Å². The molecule has 0 aliphatic carbocycles. The van der Waals surface area contributed by atoms with E-state index in [-0.39, 0.29) is 0 Å². The molecular formula is C17H23N7O. The van der Waals surface area contributed by atoms with Gasteiger partial charge in [0.25, 0.3) is 0 Å². The van der Waals surface area contributed by atoms with E-state index in [9.17, 15) is 0 Å². The average Bonchev–Trinajstić information content (AvgIpc) is 2.69. The van der Waals surface area contributed by atoms with Gasteiger partial charge in [0.2, 0.25) is 5.95 Å². The van der Waals surface area contributed by atoms with Crippen LogP contribution in [-0.2, 0) is 4.74 Å². The Bertz CT molecular complexity index is 712. The Hall–Kier alpha value is -2.48. The fourth-order valence-electron chi connectivity index (χ4n) is 3.20. The first-order valence-corrected chi connectivity index (χ1v) is 8.74. The van der Waals surface area contributed by atoms with E-state index in [1.807, 2.05) is 25.4 Å². The number of piperazine rings is 1. The molecule has 8 nitrogen and oxygen atoms in total. The van der Waals surface area contributed by atoms with Crippen molar-refractivity contribution in [2.24, 2.45) is 0 Å². The third-order valence-electron chi connectivity index (χ3n) is 4.59. The van der Waals surface area contributed by atoms with Crippen LogP contribution in [0.15, 0.2) is 24.7 Å². The number of nitrogens with zero attached hydrogens (tertiary/aromatic N) is 7. The molecule has 2 aliphatic heterocycles. The van der Waals surface area contributed by atoms with Gasteiger partial charge in [-0.15, -0.1) is 0 Å². The van der Waals surface area contributed by atoms with Crippen molar-refractivity contribution in [3.8, 4) is 0 Å². The molecule has 0 bridgehead atoms. The monoisotopic (exact) mass is 341 g/mol. The van der Waals surface area contributed by atoms with Crippen LogP contribution in [0, 0.1) is 6.92 Å². The van der Waals surface area contributed by atoms with Crippen LogP contribution in [0.25, 0.3) is 0 Å². The zero-order valence-electron chi connectivity index (χ0n) is 14.5. The van der Waals surface area contributed by atoms with Crippen molar-refractivity contribution in [1.29, 1.82) is 0 Å². The highest BCUT2D eigenvalue weighted by atomic mass is 16.5. The summed E-state index contributed by atoms with van der Waals surface area (Å²) in [6.45, 7) is 8.80. The maximum Gasteiger partial charge on any atom is 0.227 e. The molecule has 2 saturated heterocycles. The number of morpholine rings is 1. The number of rotatable bonds is 3. The summed E-state index contributed by atoms with van der Waals surface area (Å²) in [4.78, 5) is 24.8. The summed E-state index contributed by atoms with van der Waals surface area (Å²) in [7, 11) is 0. The Morgan fingerprint density at radius 3 is 2.28 bits per heavy atom. The van der Waals surface area contributed by atoms with Crippen LogP contribution in [0.4, 0.5) is 17.6 Å². The van der Waals surface area contributed by atoms with Gasteiger partial charge in [-0.3, -0.25) is 4.98 Å². The van der Waals surface area contributed by atoms with E-state index in [0.29, 0.717) is 0 Å². The van der Waals surface area contributed by atoms with Crippen LogP contribution in [0.3, 0.4) is 0 Å². The van der Waals surface area contributed by atoms with E-state index in [2.05, 4.69) is 29.7 Å². The fourth-order valence-corrected chi connectivity index (χ4v) is 3.20. The summed E-state index contributed by atoms with van der Waals surface area (Å²) < 4.78 is 5.41. The van der Waals surface area contributed by atoms with E-state index in [1.165, 1.54) is 0 Å². The number of anilines is 3. The van der Waals surface area contributed by atoms with Gasteiger partial charge in [-0.1, -0.05) is 0 Å². The number of hydrogen-bond donors (Lipinski definition) is 0. The molecular weight excluding hydrogens is 318 g/mol. The van der Waals surface area contributed by atoms with E-state index < -0.39 is 0 Å². The summed E-state index contributed by atoms with van der Waals surface area (Å²) in [6.07, 6.45) is 5.48. The first-order chi connectivity index (χ1) is 12.3. The third-order valence-corrected chi connectivity index (χ3v) is 4.59. The topological polar surface area (TPSA) is 70.5 Å². The van der Waals surface area contributed by atoms with Gasteiger partial charge in [0.1, 0.15) is 11.6 Å². The molecule has 2 aromatic heterocycles. The molecule has 0 saturated carbocycles. The van der Waals surface area contributed by atoms with Gasteiger partial charge in [-0.25, -0.2) is 9.97 Å². The minimum atomic E-state index is 0.740. The van der Waals surface area contributed by atoms with Crippen molar-refractivity contribution < 1.29 is 4.74 Å². The van der Waals surface area contributed by atoms with Gasteiger partial charge in [0.15, 0.2) is 0 Å². The first kappa shape index (κ1) is 16.0. The average molecular weight is 341 g/mol. The second-order valence-corrected chi connectivity index (χ2v) is 6.31. The maximum absolute atomic E-state index is 5.41. The van der Waals surface area contributed by atoms with Crippen LogP contribution < -0.4 is 14.7 Å². The molecule has 0 unspecified atom stereocenters. The highest BCUT2D eigenvalue weighted by Gasteiger charge is 2.21. The van der Waals surface area contributed by atoms with Gasteiger partial charge in [-0.05, 0) is 13.0 Å². The molecule has 2 aliphatic rings. The molecule has 0 radical (unpaired) electrons. The number of aryl methyl sites for hydroxylation is 1. The Kier molecular flexibility index (Phi) is 4.60. The lowest BCUT2D eigenvalue weighted by Gasteiger charge is -2.36. The zero-order valence-corrected chi connectivity index (χ0v) is 14.5. The van der Waals surface area contributed by atoms with Crippen molar-refractivity contribution in [1.82, 2.24) is 19.9 Å². The molecule has 132 valence electrons. The van der Waals surface area contributed by atoms with E-state index in [4.69, 9.17) is 9.72 Å². The van der Waals surface area contributed by atoms with Crippen molar-refractivity contribution in [3.05, 3.63) is 30.4 Å². The lowest BCUT2D eigenvalue weighted by molar-refractivity contribution is 0.122. The van der Waals surface area contributed by atoms with Gasteiger partial charge in [0.05, 0.1) is 25.1 Å². The van der Waals surface area contributed by atoms with Gasteiger partial charge >= 0.3 is 0 Å². The lowest BCUT2D eigenvalue weighted by Crippen LogP contribution is -2.47. The van der Waals surface area contributed by atoms with Gasteiger partial charge < -0.3 is 19.4 Å². The van der Waals surface area contributed by atoms with Crippen molar-refractivity contribution in [3.63, 3.8) is 0 Å². The molecule has 0 amide bonds. The lowest BCUT2D eigenvalue weighted by atomic mass is 10.3. The zero-order chi connectivity index (χ0) is 17.1. The second kappa shape index (κ2) is 7.18. The number of ether oxygens (including phenoxy) is 1. The molecule has 25 heavy (non-hydrogen) atoms. The van der Waals surface area contributed by atoms with E-state index in [1.54, 1.807) is 6.20 Å². The quantitative estimate of drug-likeness (QED) is 0.810. The Morgan fingerprint density at radius 1 is 0.840 bits per heavy atom. The van der Waals surface area contributed by atoms with Crippen molar-refractivity contribution in [2.45, 2.75) is 6.92 Å². The Labute approximate surface area is 147 Å². The van der Waals surface area contributed by atoms with Crippen LogP contribution in [0.1, 0.15) is 5.69 Å². The molecule has 0 aromatic carbocycles. The molecule has 0 N–H and O–H groups in total. The highest BCUT2D eigenvalue weighted by Crippen LogP contribution is 2.19. The van der Waals surface area contributed by atoms with Crippen molar-refractivity contribution in [2.75, 3.05) is 67.2 Å². The van der Waals surface area contributed by atoms with Gasteiger partial charge in [0, 0.05) is 51.7 Å². The summed E-state index contributed by atoms with van der Waals surface area (Å²) in [6, 6.07) is 1.99. The summed E-state index contributed by atoms with van der Waals surface area (Å²) >= 11 is 0. The third kappa shape index (κ3) is 3.63. The van der Waals surface area contributed by atoms with Crippen LogP contribution in [0.2, 0.25) is 0 Å². The van der Waals surface area contributed by atoms with Crippen LogP contribution >= 0.6 is 0 Å². The number of hydrogen-bond acceptors (Lipinski definition) is 8. The highest BCUT2D eigenvalue weighted by molar-refractivity contribution is 5.47. The maximum atomic E-state index is 5.41. The predicted molar refractivity (Wildman–Crippen MR) is 96.3 cm³/mol. The predicted octanol–water partition coefficient (Wildman–Crippen LogP) is 0.738. The van der Waals surface area contributed by atoms with Crippen LogP contribution in [0.5, 0.6) is 0 Å². The number of aromatic nitrogens is 4. The Balaban J connectivity index is 1.42. The molecule has 0 spiro atoms. The molecule has 8 heteroatoms. The summed E-state index contributed by atoms with van der Waals surface area (Å²) in [5.74, 6) is 2.75. The molecule has 2 fully saturated rings. The van der Waals surface area contributed by atoms with Crippen molar-refractivity contribution >= 4 is 17.6 Å². The second-order valence-electron chi connectivity index (χ2n) is 6.31. The van der Waals surface area contributed by atoms with E-state index >= 15 is 0 Å². The van der Waals surface area contributed by atoms with Crippen LogP contribution in [-0.4, -0.2) is 72.4 Å². The first-order valence-electron chi connectivity index (χ1n) is 8.74. The largest absolute Gasteiger partial charge is 0.378 e. The SMILES string of the molecule is Cc1cncc(N2CCN(c3ccnc(N4CCOCC4)n3)CC2)n1. The normalized spacial score (nSPS) is 18.5. The fraction of sp³-hybridized carbons (Fsp3) is 0.529. The standard InChI is InChI=1S/C17H23N7O/c1-14-12-18-13-16(20-14)23-6-4-22(5-7-23)15-2-3-19-17(21-15)24-8-10-25-11-9-24/h2-3,12-13H,4-11H2,1H3. The minimum Gasteiger partial charge on any atom is -0.378 e. The smallest absolute Gasteiger partial charge is 0.227 e. The molecule has 4 rings (SSSR count). The molecule has 2 aromatic rings. The Morgan fingerprint density at radius 2 is 1.56 bits per heavy atom. The summed E-state index contributed by atoms with van der Waals surface area (Å²) in [5.41, 5.74) is 0.950.